The average molecular weight is 660 g/mol. The molecule has 1 aromatic heterocycles. The van der Waals surface area contributed by atoms with Crippen molar-refractivity contribution in [2.24, 2.45) is 0 Å². The van der Waals surface area contributed by atoms with Gasteiger partial charge in [0.1, 0.15) is 28.9 Å². The maximum Gasteiger partial charge on any atom is 0.410 e. The van der Waals surface area contributed by atoms with Gasteiger partial charge in [0, 0.05) is 43.8 Å². The summed E-state index contributed by atoms with van der Waals surface area (Å²) in [6, 6.07) is 5.99. The molecule has 12 nitrogen and oxygen atoms in total. The van der Waals surface area contributed by atoms with Gasteiger partial charge in [-0.2, -0.15) is 9.97 Å². The first-order valence-corrected chi connectivity index (χ1v) is 16.2. The van der Waals surface area contributed by atoms with Crippen LogP contribution in [-0.4, -0.2) is 95.8 Å². The molecular formula is C33H46ClN5O7. The fraction of sp³-hybridized carbons (Fsp3) is 0.606. The number of aldehydes is 1. The number of hydrogen-bond acceptors (Lipinski definition) is 11. The summed E-state index contributed by atoms with van der Waals surface area (Å²) >= 11 is 6.38. The predicted molar refractivity (Wildman–Crippen MR) is 174 cm³/mol. The second-order valence-corrected chi connectivity index (χ2v) is 13.1. The molecule has 1 aliphatic carbocycles. The zero-order valence-electron chi connectivity index (χ0n) is 27.8. The second-order valence-electron chi connectivity index (χ2n) is 12.7. The molecule has 252 valence electrons. The van der Waals surface area contributed by atoms with Gasteiger partial charge in [0.25, 0.3) is 0 Å². The van der Waals surface area contributed by atoms with E-state index in [2.05, 4.69) is 14.9 Å². The summed E-state index contributed by atoms with van der Waals surface area (Å²) in [5.41, 5.74) is 1.29. The monoisotopic (exact) mass is 659 g/mol. The van der Waals surface area contributed by atoms with Crippen molar-refractivity contribution >= 4 is 35.8 Å². The number of ether oxygens (including phenoxy) is 4. The molecule has 1 amide bonds. The van der Waals surface area contributed by atoms with E-state index in [9.17, 15) is 14.4 Å². The maximum absolute atomic E-state index is 12.7. The summed E-state index contributed by atoms with van der Waals surface area (Å²) in [4.78, 5) is 52.0. The highest BCUT2D eigenvalue weighted by Crippen LogP contribution is 2.45. The third-order valence-electron chi connectivity index (χ3n) is 7.99. The molecule has 1 aromatic carbocycles. The highest BCUT2D eigenvalue weighted by Gasteiger charge is 2.52. The summed E-state index contributed by atoms with van der Waals surface area (Å²) in [5, 5.41) is -0.0663. The summed E-state index contributed by atoms with van der Waals surface area (Å²) in [7, 11) is 1.60. The van der Waals surface area contributed by atoms with Gasteiger partial charge in [-0.3, -0.25) is 14.5 Å². The summed E-state index contributed by atoms with van der Waals surface area (Å²) in [6.07, 6.45) is 4.06. The molecule has 1 saturated heterocycles. The van der Waals surface area contributed by atoms with E-state index >= 15 is 0 Å². The quantitative estimate of drug-likeness (QED) is 0.114. The van der Waals surface area contributed by atoms with Gasteiger partial charge < -0.3 is 28.7 Å². The van der Waals surface area contributed by atoms with Crippen LogP contribution in [0.1, 0.15) is 81.8 Å². The molecule has 2 aliphatic rings. The number of aromatic nitrogens is 2. The Bertz CT molecular complexity index is 1400. The molecule has 0 radical (unpaired) electrons. The number of rotatable bonds is 14. The van der Waals surface area contributed by atoms with Crippen molar-refractivity contribution in [2.75, 3.05) is 51.4 Å². The molecule has 46 heavy (non-hydrogen) atoms. The highest BCUT2D eigenvalue weighted by molar-refractivity contribution is 6.32. The molecule has 13 heteroatoms. The summed E-state index contributed by atoms with van der Waals surface area (Å²) < 4.78 is 22.4. The molecule has 1 spiro atoms. The Balaban J connectivity index is 1.55. The van der Waals surface area contributed by atoms with E-state index in [1.807, 2.05) is 50.8 Å². The zero-order chi connectivity index (χ0) is 33.5. The molecule has 2 fully saturated rings. The lowest BCUT2D eigenvalue weighted by atomic mass is 10.1. The van der Waals surface area contributed by atoms with Crippen LogP contribution in [0.25, 0.3) is 0 Å². The first kappa shape index (κ1) is 35.2. The van der Waals surface area contributed by atoms with E-state index in [-0.39, 0.29) is 53.9 Å². The number of benzene rings is 1. The van der Waals surface area contributed by atoms with Gasteiger partial charge in [0.05, 0.1) is 25.9 Å². The lowest BCUT2D eigenvalue weighted by Crippen LogP contribution is -2.56. The molecular weight excluding hydrogens is 614 g/mol. The standard InChI is InChI=1S/C33H46ClN5O7/c1-7-9-16-45-30-35-28(34)25(21-40)29(36-30)38(20-27(41)44-8-2)19-24-11-10-23(17-26(24)43-6)18-39-15-14-37(22-33(39)12-13-33)31(42)46-32(3,4)5/h10-11,17,21H,7-9,12-16,18-20,22H2,1-6H3. The van der Waals surface area contributed by atoms with Gasteiger partial charge in [-0.1, -0.05) is 37.1 Å². The number of piperazine rings is 1. The van der Waals surface area contributed by atoms with Crippen LogP contribution < -0.4 is 14.4 Å². The van der Waals surface area contributed by atoms with Crippen molar-refractivity contribution in [2.45, 2.75) is 84.5 Å². The van der Waals surface area contributed by atoms with Gasteiger partial charge >= 0.3 is 18.1 Å². The third kappa shape index (κ3) is 9.00. The van der Waals surface area contributed by atoms with Crippen LogP contribution in [0.4, 0.5) is 10.6 Å². The van der Waals surface area contributed by atoms with Crippen LogP contribution in [0, 0.1) is 0 Å². The second kappa shape index (κ2) is 15.3. The van der Waals surface area contributed by atoms with E-state index in [0.717, 1.165) is 43.4 Å². The van der Waals surface area contributed by atoms with E-state index in [0.29, 0.717) is 38.3 Å². The Morgan fingerprint density at radius 1 is 1.15 bits per heavy atom. The minimum atomic E-state index is -0.533. The number of carbonyl (C=O) groups excluding carboxylic acids is 3. The number of unbranched alkanes of at least 4 members (excludes halogenated alkanes) is 1. The van der Waals surface area contributed by atoms with Gasteiger partial charge in [0.2, 0.25) is 0 Å². The topological polar surface area (TPSA) is 124 Å². The van der Waals surface area contributed by atoms with Crippen molar-refractivity contribution < 1.29 is 33.3 Å². The van der Waals surface area contributed by atoms with E-state index in [4.69, 9.17) is 30.5 Å². The maximum atomic E-state index is 12.7. The molecule has 1 saturated carbocycles. The Morgan fingerprint density at radius 2 is 1.91 bits per heavy atom. The van der Waals surface area contributed by atoms with Gasteiger partial charge in [0.15, 0.2) is 6.29 Å². The van der Waals surface area contributed by atoms with Crippen molar-refractivity contribution in [1.29, 1.82) is 0 Å². The van der Waals surface area contributed by atoms with E-state index in [1.54, 1.807) is 18.9 Å². The summed E-state index contributed by atoms with van der Waals surface area (Å²) in [6.45, 7) is 12.6. The Labute approximate surface area is 276 Å². The minimum Gasteiger partial charge on any atom is -0.496 e. The number of anilines is 1. The number of carbonyl (C=O) groups is 3. The fourth-order valence-corrected chi connectivity index (χ4v) is 5.70. The van der Waals surface area contributed by atoms with Crippen LogP contribution in [0.3, 0.4) is 0 Å². The van der Waals surface area contributed by atoms with Crippen LogP contribution in [-0.2, 0) is 27.4 Å². The zero-order valence-corrected chi connectivity index (χ0v) is 28.5. The number of hydrogen-bond donors (Lipinski definition) is 0. The number of esters is 1. The molecule has 0 unspecified atom stereocenters. The lowest BCUT2D eigenvalue weighted by molar-refractivity contribution is -0.141. The Morgan fingerprint density at radius 3 is 2.54 bits per heavy atom. The Hall–Kier alpha value is -3.64. The number of halogens is 1. The van der Waals surface area contributed by atoms with Gasteiger partial charge in [-0.25, -0.2) is 4.79 Å². The van der Waals surface area contributed by atoms with Crippen molar-refractivity contribution in [1.82, 2.24) is 19.8 Å². The van der Waals surface area contributed by atoms with E-state index < -0.39 is 11.6 Å². The number of amides is 1. The van der Waals surface area contributed by atoms with Gasteiger partial charge in [-0.05, 0) is 58.6 Å². The highest BCUT2D eigenvalue weighted by atomic mass is 35.5. The minimum absolute atomic E-state index is 0.0241. The SMILES string of the molecule is CCCCOc1nc(Cl)c(C=O)c(N(CC(=O)OCC)Cc2ccc(CN3CCN(C(=O)OC(C)(C)C)CC34CC4)cc2OC)n1. The number of nitrogens with zero attached hydrogens (tertiary/aromatic N) is 5. The molecule has 0 bridgehead atoms. The molecule has 1 aliphatic heterocycles. The third-order valence-corrected chi connectivity index (χ3v) is 8.28. The summed E-state index contributed by atoms with van der Waals surface area (Å²) in [5.74, 6) is 0.299. The molecule has 0 N–H and O–H groups in total. The molecule has 4 rings (SSSR count). The molecule has 0 atom stereocenters. The fourth-order valence-electron chi connectivity index (χ4n) is 5.50. The van der Waals surface area contributed by atoms with Crippen LogP contribution >= 0.6 is 11.6 Å². The van der Waals surface area contributed by atoms with Crippen LogP contribution in [0.2, 0.25) is 5.15 Å². The number of methoxy groups -OCH3 is 1. The van der Waals surface area contributed by atoms with Crippen LogP contribution in [0.5, 0.6) is 11.8 Å². The largest absolute Gasteiger partial charge is 0.496 e. The van der Waals surface area contributed by atoms with E-state index in [1.165, 1.54) is 0 Å². The first-order valence-electron chi connectivity index (χ1n) is 15.9. The van der Waals surface area contributed by atoms with Crippen molar-refractivity contribution in [3.8, 4) is 11.8 Å². The predicted octanol–water partition coefficient (Wildman–Crippen LogP) is 5.29. The van der Waals surface area contributed by atoms with Crippen molar-refractivity contribution in [3.05, 3.63) is 40.0 Å². The lowest BCUT2D eigenvalue weighted by Gasteiger charge is -2.42. The smallest absolute Gasteiger partial charge is 0.410 e. The van der Waals surface area contributed by atoms with Crippen LogP contribution in [0.15, 0.2) is 18.2 Å². The van der Waals surface area contributed by atoms with Gasteiger partial charge in [-0.15, -0.1) is 0 Å². The average Bonchev–Trinajstić information content (AvgIpc) is 3.77. The molecule has 2 aromatic rings. The normalized spacial score (nSPS) is 15.8. The Kier molecular flexibility index (Phi) is 11.7. The molecule has 2 heterocycles. The van der Waals surface area contributed by atoms with Crippen molar-refractivity contribution in [3.63, 3.8) is 0 Å². The first-order chi connectivity index (χ1) is 21.9.